The van der Waals surface area contributed by atoms with Crippen molar-refractivity contribution in [1.29, 1.82) is 0 Å². The first kappa shape index (κ1) is 16.1. The van der Waals surface area contributed by atoms with Crippen LogP contribution in [0, 0.1) is 6.92 Å². The average Bonchev–Trinajstić information content (AvgIpc) is 2.49. The third-order valence-electron chi connectivity index (χ3n) is 3.84. The summed E-state index contributed by atoms with van der Waals surface area (Å²) in [5, 5.41) is 0. The maximum atomic E-state index is 5.84. The Kier molecular flexibility index (Phi) is 6.33. The van der Waals surface area contributed by atoms with Crippen molar-refractivity contribution in [2.45, 2.75) is 32.3 Å². The molecule has 0 aliphatic carbocycles. The Morgan fingerprint density at radius 1 is 1.29 bits per heavy atom. The van der Waals surface area contributed by atoms with Gasteiger partial charge in [0.2, 0.25) is 0 Å². The van der Waals surface area contributed by atoms with Crippen LogP contribution in [0.2, 0.25) is 0 Å². The number of benzene rings is 1. The predicted octanol–water partition coefficient (Wildman–Crippen LogP) is 2.88. The molecule has 0 N–H and O–H groups in total. The maximum absolute atomic E-state index is 5.84. The lowest BCUT2D eigenvalue weighted by Crippen LogP contribution is -2.35. The van der Waals surface area contributed by atoms with Gasteiger partial charge in [-0.25, -0.2) is 0 Å². The standard InChI is InChI=1S/C17H27NO3/c1-14-7-8-16(17(12-14)19-3)21-11-9-18(2)13-15-6-4-5-10-20-15/h7-8,12,15H,4-6,9-11,13H2,1-3H3/t15-/m1/s1. The number of ether oxygens (including phenoxy) is 3. The predicted molar refractivity (Wildman–Crippen MR) is 84.3 cm³/mol. The van der Waals surface area contributed by atoms with Gasteiger partial charge in [-0.3, -0.25) is 0 Å². The molecule has 0 radical (unpaired) electrons. The van der Waals surface area contributed by atoms with E-state index in [0.717, 1.165) is 31.2 Å². The van der Waals surface area contributed by atoms with Gasteiger partial charge in [-0.1, -0.05) is 6.07 Å². The highest BCUT2D eigenvalue weighted by Gasteiger charge is 2.15. The molecule has 0 aromatic heterocycles. The molecule has 1 aromatic carbocycles. The second-order valence-electron chi connectivity index (χ2n) is 5.75. The molecule has 1 fully saturated rings. The highest BCUT2D eigenvalue weighted by molar-refractivity contribution is 5.42. The van der Waals surface area contributed by atoms with Gasteiger partial charge in [0.05, 0.1) is 13.2 Å². The summed E-state index contributed by atoms with van der Waals surface area (Å²) >= 11 is 0. The number of rotatable bonds is 7. The van der Waals surface area contributed by atoms with E-state index < -0.39 is 0 Å². The first-order chi connectivity index (χ1) is 10.2. The molecule has 1 atom stereocenters. The van der Waals surface area contributed by atoms with Crippen LogP contribution in [-0.4, -0.2) is 51.5 Å². The van der Waals surface area contributed by atoms with Crippen LogP contribution in [0.5, 0.6) is 11.5 Å². The van der Waals surface area contributed by atoms with Crippen LogP contribution >= 0.6 is 0 Å². The lowest BCUT2D eigenvalue weighted by atomic mass is 10.1. The number of aryl methyl sites for hydroxylation is 1. The van der Waals surface area contributed by atoms with Gasteiger partial charge < -0.3 is 19.1 Å². The first-order valence-corrected chi connectivity index (χ1v) is 7.76. The molecule has 1 aromatic rings. The summed E-state index contributed by atoms with van der Waals surface area (Å²) in [6.45, 7) is 5.48. The third kappa shape index (κ3) is 5.21. The van der Waals surface area contributed by atoms with E-state index in [1.807, 2.05) is 25.1 Å². The number of hydrogen-bond acceptors (Lipinski definition) is 4. The second-order valence-corrected chi connectivity index (χ2v) is 5.75. The Hall–Kier alpha value is -1.26. The molecular weight excluding hydrogens is 266 g/mol. The number of hydrogen-bond donors (Lipinski definition) is 0. The van der Waals surface area contributed by atoms with E-state index in [0.29, 0.717) is 12.7 Å². The molecule has 1 aliphatic heterocycles. The van der Waals surface area contributed by atoms with E-state index in [9.17, 15) is 0 Å². The Labute approximate surface area is 128 Å². The minimum absolute atomic E-state index is 0.387. The van der Waals surface area contributed by atoms with Gasteiger partial charge in [0.25, 0.3) is 0 Å². The van der Waals surface area contributed by atoms with Crippen LogP contribution in [-0.2, 0) is 4.74 Å². The van der Waals surface area contributed by atoms with Crippen molar-refractivity contribution in [2.75, 3.05) is 40.5 Å². The zero-order valence-corrected chi connectivity index (χ0v) is 13.4. The van der Waals surface area contributed by atoms with E-state index >= 15 is 0 Å². The average molecular weight is 293 g/mol. The second kappa shape index (κ2) is 8.25. The number of methoxy groups -OCH3 is 1. The van der Waals surface area contributed by atoms with E-state index in [-0.39, 0.29) is 0 Å². The van der Waals surface area contributed by atoms with E-state index in [4.69, 9.17) is 14.2 Å². The molecule has 1 saturated heterocycles. The zero-order chi connectivity index (χ0) is 15.1. The fourth-order valence-corrected chi connectivity index (χ4v) is 2.60. The van der Waals surface area contributed by atoms with Gasteiger partial charge in [0, 0.05) is 19.7 Å². The van der Waals surface area contributed by atoms with Crippen LogP contribution < -0.4 is 9.47 Å². The molecular formula is C17H27NO3. The normalized spacial score (nSPS) is 18.8. The molecule has 4 heteroatoms. The minimum Gasteiger partial charge on any atom is -0.493 e. The Bertz CT molecular complexity index is 430. The van der Waals surface area contributed by atoms with E-state index in [2.05, 4.69) is 11.9 Å². The van der Waals surface area contributed by atoms with Crippen LogP contribution in [0.15, 0.2) is 18.2 Å². The Morgan fingerprint density at radius 2 is 2.14 bits per heavy atom. The minimum atomic E-state index is 0.387. The maximum Gasteiger partial charge on any atom is 0.161 e. The summed E-state index contributed by atoms with van der Waals surface area (Å²) in [6, 6.07) is 6.00. The van der Waals surface area contributed by atoms with Gasteiger partial charge in [-0.05, 0) is 50.9 Å². The monoisotopic (exact) mass is 293 g/mol. The summed E-state index contributed by atoms with van der Waals surface area (Å²) in [6.07, 6.45) is 4.06. The van der Waals surface area contributed by atoms with Gasteiger partial charge in [0.1, 0.15) is 6.61 Å². The molecule has 4 nitrogen and oxygen atoms in total. The Balaban J connectivity index is 1.73. The van der Waals surface area contributed by atoms with Crippen molar-refractivity contribution < 1.29 is 14.2 Å². The van der Waals surface area contributed by atoms with E-state index in [1.165, 1.54) is 24.8 Å². The smallest absolute Gasteiger partial charge is 0.161 e. The van der Waals surface area contributed by atoms with Gasteiger partial charge in [0.15, 0.2) is 11.5 Å². The molecule has 0 bridgehead atoms. The molecule has 2 rings (SSSR count). The molecule has 118 valence electrons. The highest BCUT2D eigenvalue weighted by Crippen LogP contribution is 2.27. The van der Waals surface area contributed by atoms with Crippen molar-refractivity contribution in [1.82, 2.24) is 4.90 Å². The lowest BCUT2D eigenvalue weighted by molar-refractivity contribution is -0.00286. The van der Waals surface area contributed by atoms with E-state index in [1.54, 1.807) is 7.11 Å². The number of likely N-dealkylation sites (N-methyl/N-ethyl adjacent to an activating group) is 1. The summed E-state index contributed by atoms with van der Waals surface area (Å²) in [5.74, 6) is 1.61. The molecule has 21 heavy (non-hydrogen) atoms. The first-order valence-electron chi connectivity index (χ1n) is 7.76. The van der Waals surface area contributed by atoms with Crippen molar-refractivity contribution in [3.63, 3.8) is 0 Å². The SMILES string of the molecule is COc1cc(C)ccc1OCCN(C)C[C@H]1CCCCO1. The summed E-state index contributed by atoms with van der Waals surface area (Å²) < 4.78 is 16.9. The molecule has 0 amide bonds. The van der Waals surface area contributed by atoms with Crippen LogP contribution in [0.25, 0.3) is 0 Å². The molecule has 0 spiro atoms. The van der Waals surface area contributed by atoms with Crippen LogP contribution in [0.1, 0.15) is 24.8 Å². The van der Waals surface area contributed by atoms with Crippen LogP contribution in [0.4, 0.5) is 0 Å². The van der Waals surface area contributed by atoms with Crippen molar-refractivity contribution in [3.8, 4) is 11.5 Å². The molecule has 0 unspecified atom stereocenters. The van der Waals surface area contributed by atoms with Crippen molar-refractivity contribution >= 4 is 0 Å². The van der Waals surface area contributed by atoms with Crippen molar-refractivity contribution in [2.24, 2.45) is 0 Å². The topological polar surface area (TPSA) is 30.9 Å². The fraction of sp³-hybridized carbons (Fsp3) is 0.647. The van der Waals surface area contributed by atoms with Crippen molar-refractivity contribution in [3.05, 3.63) is 23.8 Å². The molecule has 0 saturated carbocycles. The summed E-state index contributed by atoms with van der Waals surface area (Å²) in [4.78, 5) is 2.27. The Morgan fingerprint density at radius 3 is 2.86 bits per heavy atom. The number of nitrogens with zero attached hydrogens (tertiary/aromatic N) is 1. The zero-order valence-electron chi connectivity index (χ0n) is 13.4. The third-order valence-corrected chi connectivity index (χ3v) is 3.84. The van der Waals surface area contributed by atoms with Gasteiger partial charge >= 0.3 is 0 Å². The molecule has 1 aliphatic rings. The summed E-state index contributed by atoms with van der Waals surface area (Å²) in [7, 11) is 3.79. The van der Waals surface area contributed by atoms with Crippen LogP contribution in [0.3, 0.4) is 0 Å². The largest absolute Gasteiger partial charge is 0.493 e. The fourth-order valence-electron chi connectivity index (χ4n) is 2.60. The summed E-state index contributed by atoms with van der Waals surface area (Å²) in [5.41, 5.74) is 1.17. The van der Waals surface area contributed by atoms with Gasteiger partial charge in [-0.2, -0.15) is 0 Å². The highest BCUT2D eigenvalue weighted by atomic mass is 16.5. The quantitative estimate of drug-likeness (QED) is 0.773. The lowest BCUT2D eigenvalue weighted by Gasteiger charge is -2.27. The molecule has 1 heterocycles. The van der Waals surface area contributed by atoms with Gasteiger partial charge in [-0.15, -0.1) is 0 Å².